The van der Waals surface area contributed by atoms with Crippen LogP contribution in [0, 0.1) is 5.92 Å². The molecule has 0 aromatic carbocycles. The van der Waals surface area contributed by atoms with Gasteiger partial charge in [-0.15, -0.1) is 11.3 Å². The zero-order chi connectivity index (χ0) is 13.5. The number of hydrogen-bond donors (Lipinski definition) is 1. The van der Waals surface area contributed by atoms with Crippen LogP contribution in [0.4, 0.5) is 0 Å². The first-order valence-corrected chi connectivity index (χ1v) is 8.52. The summed E-state index contributed by atoms with van der Waals surface area (Å²) in [4.78, 5) is 4.03. The molecule has 1 aromatic rings. The number of halogens is 1. The first-order valence-electron chi connectivity index (χ1n) is 7.33. The standard InChI is InChI=1S/C15H23ClN2S/c1-11(13-6-7-14(16)19-13)18-9-3-8-17-15(2,10-18)12-4-5-12/h6-7,11-12,17H,3-5,8-10H2,1-2H3. The number of thiophene rings is 1. The van der Waals surface area contributed by atoms with Crippen molar-refractivity contribution < 1.29 is 0 Å². The van der Waals surface area contributed by atoms with Gasteiger partial charge < -0.3 is 5.32 Å². The van der Waals surface area contributed by atoms with Crippen LogP contribution in [-0.2, 0) is 0 Å². The summed E-state index contributed by atoms with van der Waals surface area (Å²) >= 11 is 7.80. The fourth-order valence-corrected chi connectivity index (χ4v) is 4.42. The molecule has 19 heavy (non-hydrogen) atoms. The third kappa shape index (κ3) is 2.99. The second-order valence-electron chi connectivity index (χ2n) is 6.26. The van der Waals surface area contributed by atoms with Gasteiger partial charge in [-0.1, -0.05) is 11.6 Å². The number of rotatable bonds is 3. The molecule has 0 radical (unpaired) electrons. The van der Waals surface area contributed by atoms with Gasteiger partial charge in [0.15, 0.2) is 0 Å². The first kappa shape index (κ1) is 13.9. The molecule has 2 atom stereocenters. The first-order chi connectivity index (χ1) is 9.08. The molecule has 106 valence electrons. The van der Waals surface area contributed by atoms with Gasteiger partial charge in [0.25, 0.3) is 0 Å². The van der Waals surface area contributed by atoms with E-state index >= 15 is 0 Å². The van der Waals surface area contributed by atoms with E-state index in [9.17, 15) is 0 Å². The van der Waals surface area contributed by atoms with E-state index < -0.39 is 0 Å². The van der Waals surface area contributed by atoms with E-state index in [1.807, 2.05) is 6.07 Å². The van der Waals surface area contributed by atoms with Gasteiger partial charge in [-0.05, 0) is 57.7 Å². The summed E-state index contributed by atoms with van der Waals surface area (Å²) in [6.45, 7) is 8.24. The van der Waals surface area contributed by atoms with E-state index in [1.165, 1.54) is 30.7 Å². The molecule has 2 aliphatic rings. The van der Waals surface area contributed by atoms with Gasteiger partial charge in [0.2, 0.25) is 0 Å². The van der Waals surface area contributed by atoms with Crippen LogP contribution in [0.15, 0.2) is 12.1 Å². The summed E-state index contributed by atoms with van der Waals surface area (Å²) in [6, 6.07) is 4.69. The fourth-order valence-electron chi connectivity index (χ4n) is 3.27. The van der Waals surface area contributed by atoms with Crippen molar-refractivity contribution in [1.82, 2.24) is 10.2 Å². The Hall–Kier alpha value is -0.0900. The third-order valence-corrected chi connectivity index (χ3v) is 6.12. The molecule has 0 spiro atoms. The molecule has 1 saturated heterocycles. The van der Waals surface area contributed by atoms with Gasteiger partial charge in [-0.3, -0.25) is 4.90 Å². The third-order valence-electron chi connectivity index (χ3n) is 4.71. The van der Waals surface area contributed by atoms with Crippen LogP contribution < -0.4 is 5.32 Å². The van der Waals surface area contributed by atoms with Gasteiger partial charge >= 0.3 is 0 Å². The van der Waals surface area contributed by atoms with Crippen LogP contribution in [0.3, 0.4) is 0 Å². The molecule has 0 amide bonds. The zero-order valence-electron chi connectivity index (χ0n) is 11.8. The Labute approximate surface area is 125 Å². The minimum Gasteiger partial charge on any atom is -0.310 e. The molecule has 2 nitrogen and oxygen atoms in total. The van der Waals surface area contributed by atoms with Crippen molar-refractivity contribution in [3.05, 3.63) is 21.3 Å². The predicted octanol–water partition coefficient (Wildman–Crippen LogP) is 3.93. The summed E-state index contributed by atoms with van der Waals surface area (Å²) in [7, 11) is 0. The number of hydrogen-bond acceptors (Lipinski definition) is 3. The van der Waals surface area contributed by atoms with Crippen molar-refractivity contribution >= 4 is 22.9 Å². The quantitative estimate of drug-likeness (QED) is 0.910. The lowest BCUT2D eigenvalue weighted by Crippen LogP contribution is -2.51. The molecule has 2 heterocycles. The highest BCUT2D eigenvalue weighted by Crippen LogP contribution is 2.42. The molecular formula is C15H23ClN2S. The van der Waals surface area contributed by atoms with Crippen LogP contribution in [0.2, 0.25) is 4.34 Å². The average molecular weight is 299 g/mol. The van der Waals surface area contributed by atoms with Gasteiger partial charge in [-0.25, -0.2) is 0 Å². The Bertz CT molecular complexity index is 443. The van der Waals surface area contributed by atoms with Gasteiger partial charge in [-0.2, -0.15) is 0 Å². The zero-order valence-corrected chi connectivity index (χ0v) is 13.4. The maximum Gasteiger partial charge on any atom is 0.0931 e. The molecule has 1 aliphatic heterocycles. The maximum atomic E-state index is 6.08. The van der Waals surface area contributed by atoms with Crippen LogP contribution in [-0.4, -0.2) is 30.1 Å². The SMILES string of the molecule is CC(c1ccc(Cl)s1)N1CCCNC(C)(C2CC2)C1. The minimum absolute atomic E-state index is 0.311. The molecule has 1 aliphatic carbocycles. The molecule has 2 fully saturated rings. The normalized spacial score (nSPS) is 31.1. The largest absolute Gasteiger partial charge is 0.310 e. The minimum atomic E-state index is 0.311. The summed E-state index contributed by atoms with van der Waals surface area (Å²) in [5.41, 5.74) is 0.311. The Morgan fingerprint density at radius 3 is 2.89 bits per heavy atom. The van der Waals surface area contributed by atoms with Crippen LogP contribution in [0.25, 0.3) is 0 Å². The Balaban J connectivity index is 1.75. The summed E-state index contributed by atoms with van der Waals surface area (Å²) in [6.07, 6.45) is 4.04. The molecule has 2 unspecified atom stereocenters. The van der Waals surface area contributed by atoms with Crippen molar-refractivity contribution in [1.29, 1.82) is 0 Å². The maximum absolute atomic E-state index is 6.08. The lowest BCUT2D eigenvalue weighted by molar-refractivity contribution is 0.161. The predicted molar refractivity (Wildman–Crippen MR) is 83.1 cm³/mol. The number of nitrogens with one attached hydrogen (secondary N) is 1. The van der Waals surface area contributed by atoms with Crippen LogP contribution in [0.5, 0.6) is 0 Å². The Kier molecular flexibility index (Phi) is 3.91. The molecule has 4 heteroatoms. The molecule has 3 rings (SSSR count). The van der Waals surface area contributed by atoms with Crippen molar-refractivity contribution in [2.45, 2.75) is 44.7 Å². The smallest absolute Gasteiger partial charge is 0.0931 e. The van der Waals surface area contributed by atoms with Crippen LogP contribution in [0.1, 0.15) is 44.0 Å². The fraction of sp³-hybridized carbons (Fsp3) is 0.733. The van der Waals surface area contributed by atoms with Gasteiger partial charge in [0.1, 0.15) is 0 Å². The summed E-state index contributed by atoms with van der Waals surface area (Å²) in [5.74, 6) is 0.882. The Morgan fingerprint density at radius 2 is 2.26 bits per heavy atom. The second kappa shape index (κ2) is 5.36. The lowest BCUT2D eigenvalue weighted by Gasteiger charge is -2.36. The van der Waals surface area contributed by atoms with E-state index in [0.717, 1.165) is 23.3 Å². The van der Waals surface area contributed by atoms with Crippen molar-refractivity contribution in [3.8, 4) is 0 Å². The number of nitrogens with zero attached hydrogens (tertiary/aromatic N) is 1. The summed E-state index contributed by atoms with van der Waals surface area (Å²) in [5, 5.41) is 3.80. The van der Waals surface area contributed by atoms with E-state index in [2.05, 4.69) is 30.1 Å². The van der Waals surface area contributed by atoms with Crippen molar-refractivity contribution in [2.24, 2.45) is 5.92 Å². The highest BCUT2D eigenvalue weighted by Gasteiger charge is 2.43. The van der Waals surface area contributed by atoms with E-state index in [-0.39, 0.29) is 0 Å². The molecule has 1 saturated carbocycles. The summed E-state index contributed by atoms with van der Waals surface area (Å²) < 4.78 is 0.903. The van der Waals surface area contributed by atoms with E-state index in [0.29, 0.717) is 11.6 Å². The van der Waals surface area contributed by atoms with Crippen molar-refractivity contribution in [3.63, 3.8) is 0 Å². The van der Waals surface area contributed by atoms with Gasteiger partial charge in [0.05, 0.1) is 4.34 Å². The average Bonchev–Trinajstić information content (AvgIpc) is 3.17. The Morgan fingerprint density at radius 1 is 1.47 bits per heavy atom. The molecule has 1 aromatic heterocycles. The van der Waals surface area contributed by atoms with Crippen LogP contribution >= 0.6 is 22.9 Å². The molecule has 1 N–H and O–H groups in total. The molecular weight excluding hydrogens is 276 g/mol. The topological polar surface area (TPSA) is 15.3 Å². The molecule has 0 bridgehead atoms. The van der Waals surface area contributed by atoms with E-state index in [4.69, 9.17) is 11.6 Å². The monoisotopic (exact) mass is 298 g/mol. The van der Waals surface area contributed by atoms with Crippen molar-refractivity contribution in [2.75, 3.05) is 19.6 Å². The highest BCUT2D eigenvalue weighted by molar-refractivity contribution is 7.16. The van der Waals surface area contributed by atoms with Gasteiger partial charge in [0, 0.05) is 29.5 Å². The van der Waals surface area contributed by atoms with E-state index in [1.54, 1.807) is 11.3 Å². The highest BCUT2D eigenvalue weighted by atomic mass is 35.5. The lowest BCUT2D eigenvalue weighted by atomic mass is 9.95. The second-order valence-corrected chi connectivity index (χ2v) is 8.01.